The number of carbonyl (C=O) groups excluding carboxylic acids is 1. The van der Waals surface area contributed by atoms with Crippen molar-refractivity contribution >= 4 is 22.3 Å². The summed E-state index contributed by atoms with van der Waals surface area (Å²) in [7, 11) is 1.25. The maximum atomic E-state index is 13.1. The molecule has 0 aliphatic heterocycles. The Balaban J connectivity index is 2.48. The molecule has 0 spiro atoms. The van der Waals surface area contributed by atoms with Crippen LogP contribution in [0.3, 0.4) is 0 Å². The van der Waals surface area contributed by atoms with E-state index in [1.165, 1.54) is 36.8 Å². The van der Waals surface area contributed by atoms with Gasteiger partial charge in [-0.25, -0.2) is 9.18 Å². The molecule has 2 aromatic rings. The number of ether oxygens (including phenoxy) is 1. The van der Waals surface area contributed by atoms with Crippen molar-refractivity contribution in [2.75, 3.05) is 12.4 Å². The third kappa shape index (κ3) is 3.54. The summed E-state index contributed by atoms with van der Waals surface area (Å²) >= 11 is 1.21. The van der Waals surface area contributed by atoms with Gasteiger partial charge in [-0.05, 0) is 17.7 Å². The van der Waals surface area contributed by atoms with Gasteiger partial charge in [0, 0.05) is 17.1 Å². The predicted octanol–water partition coefficient (Wildman–Crippen LogP) is 3.68. The lowest BCUT2D eigenvalue weighted by Crippen LogP contribution is -2.04. The van der Waals surface area contributed by atoms with E-state index in [0.717, 1.165) is 0 Å². The van der Waals surface area contributed by atoms with Crippen LogP contribution in [0.5, 0.6) is 0 Å². The van der Waals surface area contributed by atoms with Crippen molar-refractivity contribution in [2.45, 2.75) is 0 Å². The van der Waals surface area contributed by atoms with Crippen LogP contribution in [-0.2, 0) is 4.74 Å². The molecule has 0 aliphatic rings. The van der Waals surface area contributed by atoms with Crippen LogP contribution in [0.2, 0.25) is 0 Å². The van der Waals surface area contributed by atoms with Crippen molar-refractivity contribution < 1.29 is 13.9 Å². The molecule has 0 aliphatic carbocycles. The third-order valence-corrected chi connectivity index (χ3v) is 3.84. The van der Waals surface area contributed by atoms with E-state index < -0.39 is 5.97 Å². The fraction of sp³-hybridized carbons (Fsp3) is 0.0625. The predicted molar refractivity (Wildman–Crippen MR) is 84.0 cm³/mol. The van der Waals surface area contributed by atoms with E-state index in [2.05, 4.69) is 5.32 Å². The standard InChI is InChI=1S/C16H10FN3O2S/c1-22-16(21)14-13(11-2-4-12(17)5-3-11)9-23-15(14)20-8-10(6-18)7-19/h2-5,8-9,20H,1H3. The van der Waals surface area contributed by atoms with Crippen LogP contribution in [0.15, 0.2) is 41.4 Å². The molecule has 5 nitrogen and oxygen atoms in total. The minimum atomic E-state index is -0.572. The zero-order valence-electron chi connectivity index (χ0n) is 12.0. The fourth-order valence-electron chi connectivity index (χ4n) is 1.84. The lowest BCUT2D eigenvalue weighted by atomic mass is 10.0. The average molecular weight is 327 g/mol. The van der Waals surface area contributed by atoms with Gasteiger partial charge in [0.15, 0.2) is 0 Å². The second-order valence-electron chi connectivity index (χ2n) is 4.28. The molecule has 0 saturated carbocycles. The molecule has 0 bridgehead atoms. The van der Waals surface area contributed by atoms with E-state index in [1.807, 2.05) is 0 Å². The summed E-state index contributed by atoms with van der Waals surface area (Å²) < 4.78 is 17.8. The highest BCUT2D eigenvalue weighted by Crippen LogP contribution is 2.36. The van der Waals surface area contributed by atoms with Gasteiger partial charge >= 0.3 is 5.97 Å². The highest BCUT2D eigenvalue weighted by atomic mass is 32.1. The van der Waals surface area contributed by atoms with Gasteiger partial charge in [-0.3, -0.25) is 0 Å². The number of nitriles is 2. The van der Waals surface area contributed by atoms with E-state index in [0.29, 0.717) is 16.1 Å². The SMILES string of the molecule is COC(=O)c1c(-c2ccc(F)cc2)csc1NC=C(C#N)C#N. The number of anilines is 1. The molecule has 1 aromatic heterocycles. The Morgan fingerprint density at radius 3 is 2.52 bits per heavy atom. The van der Waals surface area contributed by atoms with Crippen LogP contribution >= 0.6 is 11.3 Å². The lowest BCUT2D eigenvalue weighted by Gasteiger charge is -2.06. The van der Waals surface area contributed by atoms with E-state index in [4.69, 9.17) is 15.3 Å². The Hall–Kier alpha value is -3.16. The third-order valence-electron chi connectivity index (χ3n) is 2.92. The molecule has 114 valence electrons. The molecule has 0 atom stereocenters. The second kappa shape index (κ2) is 7.21. The molecule has 2 rings (SSSR count). The summed E-state index contributed by atoms with van der Waals surface area (Å²) in [6.07, 6.45) is 1.21. The van der Waals surface area contributed by atoms with Crippen molar-refractivity contribution in [3.63, 3.8) is 0 Å². The van der Waals surface area contributed by atoms with Crippen molar-refractivity contribution in [1.82, 2.24) is 0 Å². The van der Waals surface area contributed by atoms with E-state index >= 15 is 0 Å². The first-order valence-corrected chi connectivity index (χ1v) is 7.21. The maximum Gasteiger partial charge on any atom is 0.341 e. The van der Waals surface area contributed by atoms with Gasteiger partial charge in [0.05, 0.1) is 7.11 Å². The zero-order chi connectivity index (χ0) is 16.8. The second-order valence-corrected chi connectivity index (χ2v) is 5.16. The Bertz CT molecular complexity index is 826. The topological polar surface area (TPSA) is 85.9 Å². The molecular formula is C16H10FN3O2S. The van der Waals surface area contributed by atoms with Crippen molar-refractivity contribution in [2.24, 2.45) is 0 Å². The first kappa shape index (κ1) is 16.2. The molecule has 1 heterocycles. The van der Waals surface area contributed by atoms with E-state index in [9.17, 15) is 9.18 Å². The monoisotopic (exact) mass is 327 g/mol. The number of thiophene rings is 1. The van der Waals surface area contributed by atoms with Gasteiger partial charge < -0.3 is 10.1 Å². The molecular weight excluding hydrogens is 317 g/mol. The largest absolute Gasteiger partial charge is 0.465 e. The summed E-state index contributed by atoms with van der Waals surface area (Å²) in [5.74, 6) is -0.950. The molecule has 23 heavy (non-hydrogen) atoms. The minimum absolute atomic E-state index is 0.127. The lowest BCUT2D eigenvalue weighted by molar-refractivity contribution is 0.0603. The van der Waals surface area contributed by atoms with Crippen molar-refractivity contribution in [3.05, 3.63) is 52.8 Å². The van der Waals surface area contributed by atoms with Crippen LogP contribution in [0.4, 0.5) is 9.39 Å². The number of benzene rings is 1. The van der Waals surface area contributed by atoms with E-state index in [1.54, 1.807) is 29.7 Å². The average Bonchev–Trinajstić information content (AvgIpc) is 2.99. The maximum absolute atomic E-state index is 13.1. The summed E-state index contributed by atoms with van der Waals surface area (Å²) in [5.41, 5.74) is 1.36. The molecule has 1 N–H and O–H groups in total. The van der Waals surface area contributed by atoms with E-state index in [-0.39, 0.29) is 17.0 Å². The smallest absolute Gasteiger partial charge is 0.341 e. The number of hydrogen-bond donors (Lipinski definition) is 1. The summed E-state index contributed by atoms with van der Waals surface area (Å²) in [4.78, 5) is 12.1. The van der Waals surface area contributed by atoms with Gasteiger partial charge in [0.25, 0.3) is 0 Å². The number of carbonyl (C=O) groups is 1. The summed E-state index contributed by atoms with van der Waals surface area (Å²) in [6.45, 7) is 0. The normalized spacial score (nSPS) is 9.39. The number of methoxy groups -OCH3 is 1. The van der Waals surface area contributed by atoms with Crippen molar-refractivity contribution in [1.29, 1.82) is 10.5 Å². The Kier molecular flexibility index (Phi) is 5.08. The molecule has 0 saturated heterocycles. The summed E-state index contributed by atoms with van der Waals surface area (Å²) in [5, 5.41) is 22.4. The Labute approximate surface area is 135 Å². The number of hydrogen-bond acceptors (Lipinski definition) is 6. The number of nitrogens with one attached hydrogen (secondary N) is 1. The minimum Gasteiger partial charge on any atom is -0.465 e. The first-order valence-electron chi connectivity index (χ1n) is 6.33. The van der Waals surface area contributed by atoms with Gasteiger partial charge in [-0.2, -0.15) is 10.5 Å². The number of rotatable bonds is 4. The van der Waals surface area contributed by atoms with Crippen LogP contribution < -0.4 is 5.32 Å². The van der Waals surface area contributed by atoms with Crippen LogP contribution in [0.1, 0.15) is 10.4 Å². The Morgan fingerprint density at radius 1 is 1.30 bits per heavy atom. The number of esters is 1. The molecule has 0 radical (unpaired) electrons. The molecule has 0 unspecified atom stereocenters. The van der Waals surface area contributed by atoms with Crippen molar-refractivity contribution in [3.8, 4) is 23.3 Å². The number of halogens is 1. The molecule has 0 amide bonds. The quantitative estimate of drug-likeness (QED) is 0.684. The first-order chi connectivity index (χ1) is 11.1. The van der Waals surface area contributed by atoms with Gasteiger partial charge in [-0.1, -0.05) is 12.1 Å². The Morgan fingerprint density at radius 2 is 1.96 bits per heavy atom. The molecule has 0 fully saturated rings. The fourth-order valence-corrected chi connectivity index (χ4v) is 2.77. The van der Waals surface area contributed by atoms with Gasteiger partial charge in [0.2, 0.25) is 0 Å². The highest BCUT2D eigenvalue weighted by molar-refractivity contribution is 7.15. The van der Waals surface area contributed by atoms with Crippen LogP contribution in [-0.4, -0.2) is 13.1 Å². The summed E-state index contributed by atoms with van der Waals surface area (Å²) in [6, 6.07) is 9.13. The molecule has 1 aromatic carbocycles. The van der Waals surface area contributed by atoms with Crippen LogP contribution in [0.25, 0.3) is 11.1 Å². The zero-order valence-corrected chi connectivity index (χ0v) is 12.8. The van der Waals surface area contributed by atoms with Crippen LogP contribution in [0, 0.1) is 28.5 Å². The van der Waals surface area contributed by atoms with Gasteiger partial charge in [-0.15, -0.1) is 11.3 Å². The number of nitrogens with zero attached hydrogens (tertiary/aromatic N) is 2. The number of allylic oxidation sites excluding steroid dienone is 1. The highest BCUT2D eigenvalue weighted by Gasteiger charge is 2.20. The van der Waals surface area contributed by atoms with Gasteiger partial charge in [0.1, 0.15) is 34.1 Å². The molecule has 7 heteroatoms.